The molecule has 8 heteroatoms. The fourth-order valence-corrected chi connectivity index (χ4v) is 5.15. The molecule has 7 nitrogen and oxygen atoms in total. The van der Waals surface area contributed by atoms with Crippen LogP contribution in [0, 0.1) is 20.8 Å². The van der Waals surface area contributed by atoms with Gasteiger partial charge in [0.1, 0.15) is 11.3 Å². The van der Waals surface area contributed by atoms with Crippen LogP contribution in [0.1, 0.15) is 44.0 Å². The Morgan fingerprint density at radius 3 is 2.59 bits per heavy atom. The molecule has 0 saturated heterocycles. The lowest BCUT2D eigenvalue weighted by Gasteiger charge is -2.22. The van der Waals surface area contributed by atoms with E-state index in [4.69, 9.17) is 4.74 Å². The third kappa shape index (κ3) is 4.93. The quantitative estimate of drug-likeness (QED) is 0.540. The number of amides is 1. The predicted molar refractivity (Wildman–Crippen MR) is 135 cm³/mol. The number of fused-ring (bicyclic) bond motifs is 1. The van der Waals surface area contributed by atoms with Gasteiger partial charge in [-0.25, -0.2) is 4.98 Å². The fraction of sp³-hybridized carbons (Fsp3) is 0.423. The van der Waals surface area contributed by atoms with Crippen molar-refractivity contribution in [2.45, 2.75) is 46.8 Å². The van der Waals surface area contributed by atoms with Gasteiger partial charge in [-0.15, -0.1) is 11.3 Å². The van der Waals surface area contributed by atoms with Gasteiger partial charge in [0.05, 0.1) is 24.9 Å². The number of pyridine rings is 1. The smallest absolute Gasteiger partial charge is 0.259 e. The zero-order valence-corrected chi connectivity index (χ0v) is 21.4. The van der Waals surface area contributed by atoms with Crippen LogP contribution in [0.25, 0.3) is 0 Å². The van der Waals surface area contributed by atoms with Crippen LogP contribution in [-0.2, 0) is 26.1 Å². The van der Waals surface area contributed by atoms with Crippen LogP contribution in [-0.4, -0.2) is 52.5 Å². The summed E-state index contributed by atoms with van der Waals surface area (Å²) in [4.78, 5) is 34.7. The van der Waals surface area contributed by atoms with Crippen LogP contribution in [0.4, 0.5) is 0 Å². The number of aryl methyl sites for hydroxylation is 3. The Bertz CT molecular complexity index is 1250. The van der Waals surface area contributed by atoms with E-state index in [9.17, 15) is 9.59 Å². The van der Waals surface area contributed by atoms with Gasteiger partial charge in [0, 0.05) is 56.8 Å². The Morgan fingerprint density at radius 2 is 1.88 bits per heavy atom. The summed E-state index contributed by atoms with van der Waals surface area (Å²) in [5, 5.41) is 1.93. The SMILES string of the molecule is COc1cc(=O)n2c(c1C(=O)N(C)Cc1cscn1)CCN(Cc1cc(C)c(C)cc1C)CC2. The zero-order chi connectivity index (χ0) is 24.4. The van der Waals surface area contributed by atoms with Gasteiger partial charge in [0.2, 0.25) is 0 Å². The molecule has 3 heterocycles. The molecule has 1 amide bonds. The van der Waals surface area contributed by atoms with Crippen molar-refractivity contribution in [1.29, 1.82) is 0 Å². The number of rotatable bonds is 6. The number of nitrogens with zero attached hydrogens (tertiary/aromatic N) is 4. The lowest BCUT2D eigenvalue weighted by molar-refractivity contribution is 0.0777. The molecule has 0 aliphatic carbocycles. The van der Waals surface area contributed by atoms with Crippen molar-refractivity contribution >= 4 is 17.2 Å². The summed E-state index contributed by atoms with van der Waals surface area (Å²) in [7, 11) is 3.27. The minimum absolute atomic E-state index is 0.130. The molecule has 0 N–H and O–H groups in total. The highest BCUT2D eigenvalue weighted by molar-refractivity contribution is 7.07. The summed E-state index contributed by atoms with van der Waals surface area (Å²) in [6.07, 6.45) is 0.599. The van der Waals surface area contributed by atoms with Crippen LogP contribution >= 0.6 is 11.3 Å². The highest BCUT2D eigenvalue weighted by Gasteiger charge is 2.27. The van der Waals surface area contributed by atoms with E-state index < -0.39 is 0 Å². The number of hydrogen-bond donors (Lipinski definition) is 0. The summed E-state index contributed by atoms with van der Waals surface area (Å²) in [6, 6.07) is 5.94. The number of benzene rings is 1. The molecule has 0 unspecified atom stereocenters. The number of carbonyl (C=O) groups is 1. The lowest BCUT2D eigenvalue weighted by atomic mass is 10.0. The normalized spacial score (nSPS) is 13.9. The fourth-order valence-electron chi connectivity index (χ4n) is 4.60. The summed E-state index contributed by atoms with van der Waals surface area (Å²) < 4.78 is 7.26. The maximum Gasteiger partial charge on any atom is 0.259 e. The predicted octanol–water partition coefficient (Wildman–Crippen LogP) is 3.57. The molecule has 0 fully saturated rings. The second kappa shape index (κ2) is 10.1. The van der Waals surface area contributed by atoms with Gasteiger partial charge in [0.15, 0.2) is 0 Å². The van der Waals surface area contributed by atoms with Crippen molar-refractivity contribution in [3.05, 3.63) is 78.6 Å². The topological polar surface area (TPSA) is 67.7 Å². The Balaban J connectivity index is 1.62. The Morgan fingerprint density at radius 1 is 1.12 bits per heavy atom. The number of hydrogen-bond acceptors (Lipinski definition) is 6. The van der Waals surface area contributed by atoms with E-state index in [-0.39, 0.29) is 11.5 Å². The van der Waals surface area contributed by atoms with E-state index in [0.717, 1.165) is 31.0 Å². The first-order chi connectivity index (χ1) is 16.3. The third-order valence-electron chi connectivity index (χ3n) is 6.70. The maximum atomic E-state index is 13.5. The maximum absolute atomic E-state index is 13.5. The van der Waals surface area contributed by atoms with Crippen LogP contribution in [0.5, 0.6) is 5.75 Å². The average Bonchev–Trinajstić information content (AvgIpc) is 3.22. The first-order valence-electron chi connectivity index (χ1n) is 11.5. The minimum Gasteiger partial charge on any atom is -0.496 e. The third-order valence-corrected chi connectivity index (χ3v) is 7.33. The van der Waals surface area contributed by atoms with Crippen molar-refractivity contribution in [3.63, 3.8) is 0 Å². The van der Waals surface area contributed by atoms with Crippen molar-refractivity contribution in [2.75, 3.05) is 27.2 Å². The van der Waals surface area contributed by atoms with Gasteiger partial charge < -0.3 is 14.2 Å². The van der Waals surface area contributed by atoms with Crippen molar-refractivity contribution in [2.24, 2.45) is 0 Å². The molecule has 34 heavy (non-hydrogen) atoms. The molecule has 0 spiro atoms. The molecule has 0 atom stereocenters. The largest absolute Gasteiger partial charge is 0.496 e. The summed E-state index contributed by atoms with van der Waals surface area (Å²) >= 11 is 1.50. The highest BCUT2D eigenvalue weighted by Crippen LogP contribution is 2.26. The average molecular weight is 481 g/mol. The molecule has 180 valence electrons. The van der Waals surface area contributed by atoms with Gasteiger partial charge in [-0.05, 0) is 43.0 Å². The van der Waals surface area contributed by atoms with Gasteiger partial charge in [-0.2, -0.15) is 0 Å². The summed E-state index contributed by atoms with van der Waals surface area (Å²) in [6.45, 7) is 9.70. The summed E-state index contributed by atoms with van der Waals surface area (Å²) in [5.74, 6) is 0.178. The monoisotopic (exact) mass is 480 g/mol. The van der Waals surface area contributed by atoms with Gasteiger partial charge in [0.25, 0.3) is 11.5 Å². The standard InChI is InChI=1S/C26H32N4O3S/c1-17-10-19(3)20(11-18(17)2)13-29-7-6-22-25(23(33-5)12-24(31)30(22)9-8-29)26(32)28(4)14-21-15-34-16-27-21/h10-12,15-16H,6-9,13-14H2,1-5H3. The van der Waals surface area contributed by atoms with E-state index in [1.54, 1.807) is 22.0 Å². The Kier molecular flexibility index (Phi) is 7.19. The van der Waals surface area contributed by atoms with E-state index in [0.29, 0.717) is 30.8 Å². The highest BCUT2D eigenvalue weighted by atomic mass is 32.1. The molecule has 0 radical (unpaired) electrons. The van der Waals surface area contributed by atoms with Crippen LogP contribution in [0.2, 0.25) is 0 Å². The molecule has 1 aromatic carbocycles. The molecule has 1 aliphatic heterocycles. The first-order valence-corrected chi connectivity index (χ1v) is 12.4. The number of methoxy groups -OCH3 is 1. The number of aromatic nitrogens is 2. The molecule has 3 aromatic rings. The van der Waals surface area contributed by atoms with E-state index >= 15 is 0 Å². The molecule has 0 saturated carbocycles. The van der Waals surface area contributed by atoms with Crippen molar-refractivity contribution in [3.8, 4) is 5.75 Å². The Hall–Kier alpha value is -2.97. The second-order valence-corrected chi connectivity index (χ2v) is 9.77. The van der Waals surface area contributed by atoms with Crippen LogP contribution in [0.3, 0.4) is 0 Å². The molecular weight excluding hydrogens is 448 g/mol. The van der Waals surface area contributed by atoms with Crippen LogP contribution < -0.4 is 10.3 Å². The van der Waals surface area contributed by atoms with Gasteiger partial charge >= 0.3 is 0 Å². The number of ether oxygens (including phenoxy) is 1. The van der Waals surface area contributed by atoms with Crippen molar-refractivity contribution in [1.82, 2.24) is 19.4 Å². The zero-order valence-electron chi connectivity index (χ0n) is 20.6. The van der Waals surface area contributed by atoms with Crippen molar-refractivity contribution < 1.29 is 9.53 Å². The molecule has 4 rings (SSSR count). The molecule has 2 aromatic heterocycles. The van der Waals surface area contributed by atoms with Gasteiger partial charge in [-0.3, -0.25) is 14.5 Å². The number of carbonyl (C=O) groups excluding carboxylic acids is 1. The first kappa shape index (κ1) is 24.2. The second-order valence-electron chi connectivity index (χ2n) is 9.05. The van der Waals surface area contributed by atoms with Crippen LogP contribution in [0.15, 0.2) is 33.9 Å². The molecule has 1 aliphatic rings. The molecular formula is C26H32N4O3S. The minimum atomic E-state index is -0.160. The molecule has 0 bridgehead atoms. The Labute approximate surface area is 204 Å². The van der Waals surface area contributed by atoms with Gasteiger partial charge in [-0.1, -0.05) is 12.1 Å². The van der Waals surface area contributed by atoms with E-state index in [1.807, 2.05) is 5.38 Å². The van der Waals surface area contributed by atoms with E-state index in [1.165, 1.54) is 46.8 Å². The van der Waals surface area contributed by atoms with E-state index in [2.05, 4.69) is 42.8 Å². The summed E-state index contributed by atoms with van der Waals surface area (Å²) in [5.41, 5.74) is 8.87. The number of thiazole rings is 1. The lowest BCUT2D eigenvalue weighted by Crippen LogP contribution is -2.32.